The van der Waals surface area contributed by atoms with Crippen molar-refractivity contribution >= 4 is 27.3 Å². The van der Waals surface area contributed by atoms with Crippen molar-refractivity contribution in [2.45, 2.75) is 18.3 Å². The molecule has 6 heteroatoms. The number of nitrogens with one attached hydrogen (secondary N) is 1. The first-order valence-corrected chi connectivity index (χ1v) is 8.71. The summed E-state index contributed by atoms with van der Waals surface area (Å²) < 4.78 is 6.23. The minimum Gasteiger partial charge on any atom is -0.381 e. The predicted molar refractivity (Wildman–Crippen MR) is 97.5 cm³/mol. The van der Waals surface area contributed by atoms with E-state index in [1.165, 1.54) is 11.6 Å². The van der Waals surface area contributed by atoms with E-state index >= 15 is 0 Å². The molecule has 1 aliphatic heterocycles. The first-order chi connectivity index (χ1) is 11.6. The Labute approximate surface area is 149 Å². The quantitative estimate of drug-likeness (QED) is 0.602. The topological polar surface area (TPSA) is 64.4 Å². The number of hydrogen-bond acceptors (Lipinski definition) is 4. The molecule has 0 saturated carbocycles. The third-order valence-electron chi connectivity index (χ3n) is 4.61. The zero-order chi connectivity index (χ0) is 17.0. The molecule has 0 amide bonds. The maximum Gasteiger partial charge on any atom is 0.293 e. The van der Waals surface area contributed by atoms with E-state index in [0.29, 0.717) is 29.9 Å². The third-order valence-corrected chi connectivity index (χ3v) is 5.10. The van der Waals surface area contributed by atoms with E-state index in [9.17, 15) is 10.1 Å². The molecule has 1 aliphatic rings. The second-order valence-corrected chi connectivity index (χ2v) is 6.95. The lowest BCUT2D eigenvalue weighted by molar-refractivity contribution is -0.384. The molecule has 1 heterocycles. The summed E-state index contributed by atoms with van der Waals surface area (Å²) in [5, 5.41) is 14.6. The molecule has 0 aliphatic carbocycles. The Morgan fingerprint density at radius 1 is 1.17 bits per heavy atom. The van der Waals surface area contributed by atoms with Crippen LogP contribution < -0.4 is 5.32 Å². The molecular weight excluding hydrogens is 372 g/mol. The first kappa shape index (κ1) is 16.9. The van der Waals surface area contributed by atoms with Gasteiger partial charge in [0.05, 0.1) is 4.92 Å². The molecular formula is C18H19BrN2O3. The molecule has 1 N–H and O–H groups in total. The molecule has 2 aromatic rings. The highest BCUT2D eigenvalue weighted by atomic mass is 79.9. The van der Waals surface area contributed by atoms with Gasteiger partial charge < -0.3 is 10.1 Å². The number of hydrogen-bond donors (Lipinski definition) is 1. The highest BCUT2D eigenvalue weighted by Gasteiger charge is 2.34. The summed E-state index contributed by atoms with van der Waals surface area (Å²) in [4.78, 5) is 10.9. The van der Waals surface area contributed by atoms with Crippen molar-refractivity contribution in [3.05, 3.63) is 68.7 Å². The number of nitrogens with zero attached hydrogens (tertiary/aromatic N) is 1. The van der Waals surface area contributed by atoms with Gasteiger partial charge in [0.15, 0.2) is 0 Å². The van der Waals surface area contributed by atoms with Crippen molar-refractivity contribution < 1.29 is 9.66 Å². The summed E-state index contributed by atoms with van der Waals surface area (Å²) in [7, 11) is 0. The highest BCUT2D eigenvalue weighted by Crippen LogP contribution is 2.36. The SMILES string of the molecule is O=[N+]([O-])c1cc(Br)ccc1NCC1(c2ccccc2)CCOCC1. The number of rotatable bonds is 5. The maximum absolute atomic E-state index is 11.3. The molecule has 2 aromatic carbocycles. The number of halogens is 1. The van der Waals surface area contributed by atoms with E-state index in [1.54, 1.807) is 6.07 Å². The van der Waals surface area contributed by atoms with Crippen LogP contribution in [0.3, 0.4) is 0 Å². The number of nitro groups is 1. The fourth-order valence-corrected chi connectivity index (χ4v) is 3.54. The average Bonchev–Trinajstić information content (AvgIpc) is 2.62. The van der Waals surface area contributed by atoms with Gasteiger partial charge in [-0.2, -0.15) is 0 Å². The largest absolute Gasteiger partial charge is 0.381 e. The standard InChI is InChI=1S/C18H19BrN2O3/c19-15-6-7-16(17(12-15)21(22)23)20-13-18(8-10-24-11-9-18)14-4-2-1-3-5-14/h1-7,12,20H,8-11,13H2. The van der Waals surface area contributed by atoms with Crippen molar-refractivity contribution in [3.8, 4) is 0 Å². The van der Waals surface area contributed by atoms with Gasteiger partial charge >= 0.3 is 0 Å². The molecule has 0 bridgehead atoms. The third kappa shape index (κ3) is 3.60. The van der Waals surface area contributed by atoms with Gasteiger partial charge in [0, 0.05) is 35.7 Å². The Hall–Kier alpha value is -1.92. The van der Waals surface area contributed by atoms with Crippen LogP contribution in [0.4, 0.5) is 11.4 Å². The molecule has 126 valence electrons. The second-order valence-electron chi connectivity index (χ2n) is 6.03. The van der Waals surface area contributed by atoms with Gasteiger partial charge in [-0.15, -0.1) is 0 Å². The summed E-state index contributed by atoms with van der Waals surface area (Å²) in [6.07, 6.45) is 1.79. The molecule has 0 spiro atoms. The number of nitro benzene ring substituents is 1. The maximum atomic E-state index is 11.3. The highest BCUT2D eigenvalue weighted by molar-refractivity contribution is 9.10. The minimum atomic E-state index is -0.355. The minimum absolute atomic E-state index is 0.0690. The van der Waals surface area contributed by atoms with Crippen LogP contribution in [0.15, 0.2) is 53.0 Å². The average molecular weight is 391 g/mol. The Kier molecular flexibility index (Phi) is 5.16. The molecule has 1 fully saturated rings. The van der Waals surface area contributed by atoms with Crippen molar-refractivity contribution in [2.75, 3.05) is 25.1 Å². The molecule has 0 unspecified atom stereocenters. The lowest BCUT2D eigenvalue weighted by Gasteiger charge is -2.38. The summed E-state index contributed by atoms with van der Waals surface area (Å²) in [6.45, 7) is 2.06. The zero-order valence-electron chi connectivity index (χ0n) is 13.2. The fourth-order valence-electron chi connectivity index (χ4n) is 3.19. The van der Waals surface area contributed by atoms with Gasteiger partial charge in [-0.1, -0.05) is 46.3 Å². The Morgan fingerprint density at radius 2 is 1.88 bits per heavy atom. The smallest absolute Gasteiger partial charge is 0.293 e. The Morgan fingerprint density at radius 3 is 2.54 bits per heavy atom. The number of anilines is 1. The van der Waals surface area contributed by atoms with E-state index in [2.05, 4.69) is 33.4 Å². The van der Waals surface area contributed by atoms with Gasteiger partial charge in [0.1, 0.15) is 5.69 Å². The van der Waals surface area contributed by atoms with Crippen LogP contribution in [0.5, 0.6) is 0 Å². The van der Waals surface area contributed by atoms with Crippen LogP contribution in [-0.2, 0) is 10.2 Å². The monoisotopic (exact) mass is 390 g/mol. The molecule has 24 heavy (non-hydrogen) atoms. The van der Waals surface area contributed by atoms with Crippen molar-refractivity contribution in [1.29, 1.82) is 0 Å². The van der Waals surface area contributed by atoms with E-state index in [0.717, 1.165) is 12.8 Å². The predicted octanol–water partition coefficient (Wildman–Crippen LogP) is 4.52. The molecule has 1 saturated heterocycles. The fraction of sp³-hybridized carbons (Fsp3) is 0.333. The molecule has 0 radical (unpaired) electrons. The van der Waals surface area contributed by atoms with E-state index in [-0.39, 0.29) is 16.0 Å². The van der Waals surface area contributed by atoms with Gasteiger partial charge in [-0.25, -0.2) is 0 Å². The van der Waals surface area contributed by atoms with Crippen LogP contribution in [0.2, 0.25) is 0 Å². The van der Waals surface area contributed by atoms with Crippen LogP contribution in [0.1, 0.15) is 18.4 Å². The Bertz CT molecular complexity index is 715. The van der Waals surface area contributed by atoms with Crippen LogP contribution in [0, 0.1) is 10.1 Å². The summed E-state index contributed by atoms with van der Waals surface area (Å²) in [6, 6.07) is 15.4. The summed E-state index contributed by atoms with van der Waals surface area (Å²) >= 11 is 3.29. The van der Waals surface area contributed by atoms with Crippen molar-refractivity contribution in [3.63, 3.8) is 0 Å². The molecule has 5 nitrogen and oxygen atoms in total. The van der Waals surface area contributed by atoms with Gasteiger partial charge in [0.2, 0.25) is 0 Å². The van der Waals surface area contributed by atoms with E-state index in [4.69, 9.17) is 4.74 Å². The summed E-state index contributed by atoms with van der Waals surface area (Å²) in [5.41, 5.74) is 1.81. The van der Waals surface area contributed by atoms with Gasteiger partial charge in [-0.05, 0) is 30.5 Å². The molecule has 3 rings (SSSR count). The lowest BCUT2D eigenvalue weighted by atomic mass is 9.74. The van der Waals surface area contributed by atoms with Gasteiger partial charge in [-0.3, -0.25) is 10.1 Å². The van der Waals surface area contributed by atoms with E-state index < -0.39 is 0 Å². The normalized spacial score (nSPS) is 16.5. The Balaban J connectivity index is 1.86. The first-order valence-electron chi connectivity index (χ1n) is 7.92. The van der Waals surface area contributed by atoms with Gasteiger partial charge in [0.25, 0.3) is 5.69 Å². The molecule has 0 atom stereocenters. The van der Waals surface area contributed by atoms with Crippen LogP contribution >= 0.6 is 15.9 Å². The molecule has 0 aromatic heterocycles. The van der Waals surface area contributed by atoms with E-state index in [1.807, 2.05) is 24.3 Å². The van der Waals surface area contributed by atoms with Crippen molar-refractivity contribution in [1.82, 2.24) is 0 Å². The van der Waals surface area contributed by atoms with Crippen LogP contribution in [0.25, 0.3) is 0 Å². The van der Waals surface area contributed by atoms with Crippen LogP contribution in [-0.4, -0.2) is 24.7 Å². The zero-order valence-corrected chi connectivity index (χ0v) is 14.8. The second kappa shape index (κ2) is 7.32. The number of ether oxygens (including phenoxy) is 1. The summed E-state index contributed by atoms with van der Waals surface area (Å²) in [5.74, 6) is 0. The number of benzene rings is 2. The lowest BCUT2D eigenvalue weighted by Crippen LogP contribution is -2.40. The van der Waals surface area contributed by atoms with Crippen molar-refractivity contribution in [2.24, 2.45) is 0 Å².